The van der Waals surface area contributed by atoms with Crippen molar-refractivity contribution in [3.8, 4) is 5.82 Å². The van der Waals surface area contributed by atoms with Crippen molar-refractivity contribution in [1.29, 1.82) is 0 Å². The Hall–Kier alpha value is -1.95. The quantitative estimate of drug-likeness (QED) is 0.824. The third-order valence-corrected chi connectivity index (χ3v) is 1.94. The molecule has 0 aromatic carbocycles. The Kier molecular flexibility index (Phi) is 2.34. The molecule has 0 spiro atoms. The first-order valence-corrected chi connectivity index (χ1v) is 4.31. The van der Waals surface area contributed by atoms with Crippen LogP contribution >= 0.6 is 11.6 Å². The molecule has 0 unspecified atom stereocenters. The second kappa shape index (κ2) is 3.66. The largest absolute Gasteiger partial charge is 0.476 e. The number of hydrogen-bond donors (Lipinski definition) is 1. The second-order valence-electron chi connectivity index (χ2n) is 2.64. The minimum Gasteiger partial charge on any atom is -0.476 e. The molecule has 0 atom stereocenters. The first-order valence-electron chi connectivity index (χ1n) is 3.93. The Balaban J connectivity index is 2.46. The van der Waals surface area contributed by atoms with Crippen LogP contribution in [0.4, 0.5) is 0 Å². The highest BCUT2D eigenvalue weighted by Crippen LogP contribution is 2.14. The zero-order valence-corrected chi connectivity index (χ0v) is 8.09. The van der Waals surface area contributed by atoms with Gasteiger partial charge in [0.2, 0.25) is 0 Å². The summed E-state index contributed by atoms with van der Waals surface area (Å²) in [6.45, 7) is 0. The lowest BCUT2D eigenvalue weighted by molar-refractivity contribution is 0.0690. The summed E-state index contributed by atoms with van der Waals surface area (Å²) >= 11 is 5.81. The predicted octanol–water partition coefficient (Wildman–Crippen LogP) is 1.01. The van der Waals surface area contributed by atoms with Crippen LogP contribution in [0.3, 0.4) is 0 Å². The highest BCUT2D eigenvalue weighted by molar-refractivity contribution is 6.32. The molecule has 0 amide bonds. The lowest BCUT2D eigenvalue weighted by Gasteiger charge is -2.00. The summed E-state index contributed by atoms with van der Waals surface area (Å²) in [6.07, 6.45) is 4.19. The standard InChI is InChI=1S/C8H5ClN4O2/c9-5-3-10-4-11-7(5)13-2-1-6(12-13)8(14)15/h1-4H,(H,14,15). The molecule has 0 saturated carbocycles. The molecular weight excluding hydrogens is 220 g/mol. The van der Waals surface area contributed by atoms with Crippen LogP contribution in [0.5, 0.6) is 0 Å². The van der Waals surface area contributed by atoms with Crippen molar-refractivity contribution in [2.24, 2.45) is 0 Å². The number of rotatable bonds is 2. The van der Waals surface area contributed by atoms with Gasteiger partial charge in [-0.15, -0.1) is 0 Å². The maximum Gasteiger partial charge on any atom is 0.356 e. The molecule has 7 heteroatoms. The maximum absolute atomic E-state index is 10.6. The normalized spacial score (nSPS) is 10.2. The topological polar surface area (TPSA) is 80.9 Å². The summed E-state index contributed by atoms with van der Waals surface area (Å²) in [5, 5.41) is 12.8. The van der Waals surface area contributed by atoms with Gasteiger partial charge in [-0.25, -0.2) is 19.4 Å². The molecule has 6 nitrogen and oxygen atoms in total. The molecule has 15 heavy (non-hydrogen) atoms. The average molecular weight is 225 g/mol. The molecule has 1 N–H and O–H groups in total. The lowest BCUT2D eigenvalue weighted by Crippen LogP contribution is -2.03. The number of halogens is 1. The van der Waals surface area contributed by atoms with Gasteiger partial charge in [0, 0.05) is 6.20 Å². The summed E-state index contributed by atoms with van der Waals surface area (Å²) in [7, 11) is 0. The minimum absolute atomic E-state index is 0.0651. The zero-order chi connectivity index (χ0) is 10.8. The smallest absolute Gasteiger partial charge is 0.356 e. The van der Waals surface area contributed by atoms with E-state index in [0.29, 0.717) is 10.8 Å². The number of carbonyl (C=O) groups is 1. The summed E-state index contributed by atoms with van der Waals surface area (Å²) in [5.41, 5.74) is -0.0651. The van der Waals surface area contributed by atoms with E-state index in [4.69, 9.17) is 16.7 Å². The zero-order valence-electron chi connectivity index (χ0n) is 7.33. The fourth-order valence-corrected chi connectivity index (χ4v) is 1.22. The van der Waals surface area contributed by atoms with Gasteiger partial charge >= 0.3 is 5.97 Å². The molecule has 2 aromatic heterocycles. The second-order valence-corrected chi connectivity index (χ2v) is 3.05. The Labute approximate surface area is 89.2 Å². The molecule has 2 aromatic rings. The SMILES string of the molecule is O=C(O)c1ccn(-c2ncncc2Cl)n1. The number of nitrogens with zero attached hydrogens (tertiary/aromatic N) is 4. The number of carboxylic acids is 1. The number of hydrogen-bond acceptors (Lipinski definition) is 4. The van der Waals surface area contributed by atoms with Crippen LogP contribution in [0.25, 0.3) is 5.82 Å². The van der Waals surface area contributed by atoms with Crippen molar-refractivity contribution < 1.29 is 9.90 Å². The van der Waals surface area contributed by atoms with Gasteiger partial charge in [-0.1, -0.05) is 11.6 Å². The molecule has 0 aliphatic rings. The average Bonchev–Trinajstić information content (AvgIpc) is 2.67. The number of aromatic carboxylic acids is 1. The minimum atomic E-state index is -1.10. The van der Waals surface area contributed by atoms with E-state index in [1.807, 2.05) is 0 Å². The fourth-order valence-electron chi connectivity index (χ4n) is 1.03. The van der Waals surface area contributed by atoms with Gasteiger partial charge in [0.25, 0.3) is 0 Å². The molecule has 0 fully saturated rings. The van der Waals surface area contributed by atoms with Crippen molar-refractivity contribution >= 4 is 17.6 Å². The van der Waals surface area contributed by atoms with E-state index in [0.717, 1.165) is 0 Å². The fraction of sp³-hybridized carbons (Fsp3) is 0. The van der Waals surface area contributed by atoms with Crippen molar-refractivity contribution in [3.63, 3.8) is 0 Å². The van der Waals surface area contributed by atoms with Crippen molar-refractivity contribution in [1.82, 2.24) is 19.7 Å². The molecule has 0 saturated heterocycles. The molecule has 0 bridgehead atoms. The monoisotopic (exact) mass is 224 g/mol. The van der Waals surface area contributed by atoms with E-state index in [-0.39, 0.29) is 5.69 Å². The van der Waals surface area contributed by atoms with Gasteiger partial charge in [-0.3, -0.25) is 0 Å². The van der Waals surface area contributed by atoms with Crippen LogP contribution in [-0.2, 0) is 0 Å². The third-order valence-electron chi connectivity index (χ3n) is 1.67. The predicted molar refractivity (Wildman–Crippen MR) is 51.1 cm³/mol. The Morgan fingerprint density at radius 3 is 2.93 bits per heavy atom. The lowest BCUT2D eigenvalue weighted by atomic mass is 10.5. The van der Waals surface area contributed by atoms with Gasteiger partial charge in [-0.05, 0) is 6.07 Å². The van der Waals surface area contributed by atoms with Gasteiger partial charge < -0.3 is 5.11 Å². The summed E-state index contributed by atoms with van der Waals surface area (Å²) < 4.78 is 1.29. The Morgan fingerprint density at radius 2 is 2.33 bits per heavy atom. The first-order chi connectivity index (χ1) is 7.18. The van der Waals surface area contributed by atoms with Gasteiger partial charge in [0.05, 0.1) is 6.20 Å². The summed E-state index contributed by atoms with van der Waals surface area (Å²) in [6, 6.07) is 1.36. The van der Waals surface area contributed by atoms with Gasteiger partial charge in [-0.2, -0.15) is 5.10 Å². The van der Waals surface area contributed by atoms with E-state index in [9.17, 15) is 4.79 Å². The number of aromatic nitrogens is 4. The van der Waals surface area contributed by atoms with Crippen LogP contribution in [0.2, 0.25) is 5.02 Å². The molecule has 0 aliphatic carbocycles. The first kappa shape index (κ1) is 9.60. The van der Waals surface area contributed by atoms with Crippen molar-refractivity contribution in [2.75, 3.05) is 0 Å². The summed E-state index contributed by atoms with van der Waals surface area (Å²) in [4.78, 5) is 18.2. The van der Waals surface area contributed by atoms with Crippen molar-refractivity contribution in [2.45, 2.75) is 0 Å². The van der Waals surface area contributed by atoms with Gasteiger partial charge in [0.1, 0.15) is 11.3 Å². The Morgan fingerprint density at radius 1 is 1.53 bits per heavy atom. The van der Waals surface area contributed by atoms with Crippen LogP contribution in [0.1, 0.15) is 10.5 Å². The Bertz CT molecular complexity index is 511. The van der Waals surface area contributed by atoms with E-state index in [1.165, 1.54) is 29.5 Å². The highest BCUT2D eigenvalue weighted by atomic mass is 35.5. The van der Waals surface area contributed by atoms with Crippen LogP contribution in [0.15, 0.2) is 24.8 Å². The van der Waals surface area contributed by atoms with E-state index < -0.39 is 5.97 Å². The highest BCUT2D eigenvalue weighted by Gasteiger charge is 2.10. The maximum atomic E-state index is 10.6. The van der Waals surface area contributed by atoms with Crippen LogP contribution in [-0.4, -0.2) is 30.8 Å². The molecule has 2 heterocycles. The molecular formula is C8H5ClN4O2. The van der Waals surface area contributed by atoms with Crippen LogP contribution < -0.4 is 0 Å². The third kappa shape index (κ3) is 1.79. The molecule has 0 aliphatic heterocycles. The molecule has 2 rings (SSSR count). The van der Waals surface area contributed by atoms with Gasteiger partial charge in [0.15, 0.2) is 11.5 Å². The van der Waals surface area contributed by atoms with E-state index in [2.05, 4.69) is 15.1 Å². The van der Waals surface area contributed by atoms with Crippen LogP contribution in [0, 0.1) is 0 Å². The van der Waals surface area contributed by atoms with E-state index in [1.54, 1.807) is 0 Å². The van der Waals surface area contributed by atoms with E-state index >= 15 is 0 Å². The molecule has 76 valence electrons. The number of carboxylic acid groups (broad SMARTS) is 1. The summed E-state index contributed by atoms with van der Waals surface area (Å²) in [5.74, 6) is -0.752. The van der Waals surface area contributed by atoms with Crippen molar-refractivity contribution in [3.05, 3.63) is 35.5 Å². The molecule has 0 radical (unpaired) electrons.